The second-order valence-corrected chi connectivity index (χ2v) is 6.12. The van der Waals surface area contributed by atoms with E-state index in [-0.39, 0.29) is 11.7 Å². The number of likely N-dealkylation sites (N-methyl/N-ethyl adjacent to an activating group) is 1. The lowest BCUT2D eigenvalue weighted by molar-refractivity contribution is -0.126. The number of hydrogen-bond acceptors (Lipinski definition) is 3. The molecule has 0 aliphatic carbocycles. The van der Waals surface area contributed by atoms with Crippen molar-refractivity contribution in [2.24, 2.45) is 0 Å². The van der Waals surface area contributed by atoms with E-state index in [1.807, 2.05) is 30.3 Å². The molecule has 1 amide bonds. The Kier molecular flexibility index (Phi) is 4.09. The van der Waals surface area contributed by atoms with Gasteiger partial charge in [0.15, 0.2) is 5.78 Å². The van der Waals surface area contributed by atoms with E-state index in [1.54, 1.807) is 32.2 Å². The molecule has 1 aliphatic rings. The minimum atomic E-state index is -0.679. The number of Topliss-reactive ketones (excluding diaryl/α,β-unsaturated/α-hetero) is 1. The summed E-state index contributed by atoms with van der Waals surface area (Å²) in [5, 5.41) is -0.615. The fraction of sp³-hybridized carbons (Fsp3) is 0.222. The highest BCUT2D eigenvalue weighted by molar-refractivity contribution is 6.33. The summed E-state index contributed by atoms with van der Waals surface area (Å²) in [6.45, 7) is 1.63. The maximum Gasteiger partial charge on any atom is 0.272 e. The molecule has 1 aliphatic heterocycles. The molecule has 0 saturated heterocycles. The van der Waals surface area contributed by atoms with Crippen LogP contribution < -0.4 is 9.64 Å². The predicted molar refractivity (Wildman–Crippen MR) is 89.3 cm³/mol. The van der Waals surface area contributed by atoms with E-state index in [1.165, 1.54) is 4.90 Å². The molecule has 0 spiro atoms. The van der Waals surface area contributed by atoms with Crippen LogP contribution in [-0.2, 0) is 4.79 Å². The van der Waals surface area contributed by atoms with Crippen LogP contribution in [0.25, 0.3) is 0 Å². The standard InChI is InChI=1S/C18H16ClNO3/c1-11(19)16(21)13-8-9-15-14(10-13)20(2)18(22)17(23-15)12-6-4-3-5-7-12/h3-11,17H,1-2H3. The minimum Gasteiger partial charge on any atom is -0.474 e. The number of ketones is 1. The molecule has 2 aromatic rings. The molecule has 5 heteroatoms. The predicted octanol–water partition coefficient (Wildman–Crippen LogP) is 3.59. The van der Waals surface area contributed by atoms with Crippen LogP contribution >= 0.6 is 11.6 Å². The Morgan fingerprint density at radius 3 is 2.57 bits per heavy atom. The molecule has 0 bridgehead atoms. The average Bonchev–Trinajstić information content (AvgIpc) is 2.57. The summed E-state index contributed by atoms with van der Waals surface area (Å²) in [6.07, 6.45) is -0.679. The van der Waals surface area contributed by atoms with Gasteiger partial charge in [0, 0.05) is 18.2 Å². The fourth-order valence-corrected chi connectivity index (χ4v) is 2.70. The number of hydrogen-bond donors (Lipinski definition) is 0. The van der Waals surface area contributed by atoms with Gasteiger partial charge in [-0.05, 0) is 25.1 Å². The lowest BCUT2D eigenvalue weighted by Crippen LogP contribution is -2.38. The number of ether oxygens (including phenoxy) is 1. The van der Waals surface area contributed by atoms with E-state index >= 15 is 0 Å². The second kappa shape index (κ2) is 6.05. The summed E-state index contributed by atoms with van der Waals surface area (Å²) >= 11 is 5.85. The van der Waals surface area contributed by atoms with E-state index in [9.17, 15) is 9.59 Å². The second-order valence-electron chi connectivity index (χ2n) is 5.47. The normalized spacial score (nSPS) is 18.1. The molecule has 2 unspecified atom stereocenters. The van der Waals surface area contributed by atoms with Crippen LogP contribution in [0.1, 0.15) is 28.9 Å². The molecule has 23 heavy (non-hydrogen) atoms. The third-order valence-electron chi connectivity index (χ3n) is 3.87. The molecule has 0 radical (unpaired) electrons. The fourth-order valence-electron chi connectivity index (χ4n) is 2.57. The molecule has 1 heterocycles. The van der Waals surface area contributed by atoms with Gasteiger partial charge in [-0.3, -0.25) is 9.59 Å². The topological polar surface area (TPSA) is 46.6 Å². The molecule has 3 rings (SSSR count). The Hall–Kier alpha value is -2.33. The van der Waals surface area contributed by atoms with Crippen LogP contribution in [0, 0.1) is 0 Å². The van der Waals surface area contributed by atoms with Crippen LogP contribution in [-0.4, -0.2) is 24.1 Å². The summed E-state index contributed by atoms with van der Waals surface area (Å²) < 4.78 is 5.86. The number of fused-ring (bicyclic) bond motifs is 1. The van der Waals surface area contributed by atoms with Crippen molar-refractivity contribution in [2.45, 2.75) is 18.4 Å². The first-order chi connectivity index (χ1) is 11.0. The Labute approximate surface area is 139 Å². The molecular formula is C18H16ClNO3. The SMILES string of the molecule is CC(Cl)C(=O)c1ccc2c(c1)N(C)C(=O)C(c1ccccc1)O2. The Bertz CT molecular complexity index is 758. The molecule has 2 aromatic carbocycles. The van der Waals surface area contributed by atoms with Gasteiger partial charge in [0.1, 0.15) is 5.75 Å². The number of nitrogens with zero attached hydrogens (tertiary/aromatic N) is 1. The molecule has 0 saturated carbocycles. The van der Waals surface area contributed by atoms with Crippen LogP contribution in [0.4, 0.5) is 5.69 Å². The molecule has 118 valence electrons. The molecule has 0 N–H and O–H groups in total. The molecule has 0 fully saturated rings. The lowest BCUT2D eigenvalue weighted by atomic mass is 10.0. The van der Waals surface area contributed by atoms with Crippen molar-refractivity contribution in [1.29, 1.82) is 0 Å². The maximum absolute atomic E-state index is 12.6. The first kappa shape index (κ1) is 15.6. The number of amides is 1. The number of rotatable bonds is 3. The average molecular weight is 330 g/mol. The van der Waals surface area contributed by atoms with Gasteiger partial charge >= 0.3 is 0 Å². The van der Waals surface area contributed by atoms with Gasteiger partial charge in [0.05, 0.1) is 11.1 Å². The van der Waals surface area contributed by atoms with Crippen molar-refractivity contribution in [3.05, 3.63) is 59.7 Å². The summed E-state index contributed by atoms with van der Waals surface area (Å²) in [4.78, 5) is 26.1. The van der Waals surface area contributed by atoms with Crippen molar-refractivity contribution in [3.63, 3.8) is 0 Å². The summed E-state index contributed by atoms with van der Waals surface area (Å²) in [6, 6.07) is 14.4. The summed E-state index contributed by atoms with van der Waals surface area (Å²) in [5.41, 5.74) is 1.84. The van der Waals surface area contributed by atoms with Gasteiger partial charge < -0.3 is 9.64 Å². The monoisotopic (exact) mass is 329 g/mol. The molecule has 4 nitrogen and oxygen atoms in total. The highest BCUT2D eigenvalue weighted by Gasteiger charge is 2.33. The lowest BCUT2D eigenvalue weighted by Gasteiger charge is -2.32. The van der Waals surface area contributed by atoms with E-state index in [4.69, 9.17) is 16.3 Å². The Morgan fingerprint density at radius 2 is 1.91 bits per heavy atom. The molecule has 0 aromatic heterocycles. The van der Waals surface area contributed by atoms with Crippen molar-refractivity contribution in [1.82, 2.24) is 0 Å². The van der Waals surface area contributed by atoms with Crippen LogP contribution in [0.3, 0.4) is 0 Å². The van der Waals surface area contributed by atoms with Gasteiger partial charge in [-0.25, -0.2) is 0 Å². The minimum absolute atomic E-state index is 0.174. The third-order valence-corrected chi connectivity index (χ3v) is 4.07. The third kappa shape index (κ3) is 2.82. The highest BCUT2D eigenvalue weighted by Crippen LogP contribution is 2.38. The van der Waals surface area contributed by atoms with Crippen molar-refractivity contribution in [2.75, 3.05) is 11.9 Å². The van der Waals surface area contributed by atoms with Gasteiger partial charge in [0.25, 0.3) is 5.91 Å². The highest BCUT2D eigenvalue weighted by atomic mass is 35.5. The zero-order valence-electron chi connectivity index (χ0n) is 12.8. The number of alkyl halides is 1. The van der Waals surface area contributed by atoms with Crippen LogP contribution in [0.2, 0.25) is 0 Å². The Balaban J connectivity index is 1.99. The largest absolute Gasteiger partial charge is 0.474 e. The van der Waals surface area contributed by atoms with Crippen molar-refractivity contribution < 1.29 is 14.3 Å². The molecule has 2 atom stereocenters. The van der Waals surface area contributed by atoms with Crippen molar-refractivity contribution in [3.8, 4) is 5.75 Å². The number of carbonyl (C=O) groups is 2. The van der Waals surface area contributed by atoms with E-state index < -0.39 is 11.5 Å². The summed E-state index contributed by atoms with van der Waals surface area (Å²) in [7, 11) is 1.68. The number of halogens is 1. The summed E-state index contributed by atoms with van der Waals surface area (Å²) in [5.74, 6) is 0.215. The van der Waals surface area contributed by atoms with Gasteiger partial charge in [-0.2, -0.15) is 0 Å². The zero-order valence-corrected chi connectivity index (χ0v) is 13.6. The quantitative estimate of drug-likeness (QED) is 0.638. The number of benzene rings is 2. The van der Waals surface area contributed by atoms with Gasteiger partial charge in [-0.1, -0.05) is 30.3 Å². The maximum atomic E-state index is 12.6. The smallest absolute Gasteiger partial charge is 0.272 e. The van der Waals surface area contributed by atoms with Gasteiger partial charge in [-0.15, -0.1) is 11.6 Å². The van der Waals surface area contributed by atoms with Crippen LogP contribution in [0.5, 0.6) is 5.75 Å². The van der Waals surface area contributed by atoms with E-state index in [2.05, 4.69) is 0 Å². The molecular weight excluding hydrogens is 314 g/mol. The van der Waals surface area contributed by atoms with E-state index in [0.29, 0.717) is 17.0 Å². The van der Waals surface area contributed by atoms with E-state index in [0.717, 1.165) is 5.56 Å². The number of carbonyl (C=O) groups excluding carboxylic acids is 2. The van der Waals surface area contributed by atoms with Crippen LogP contribution in [0.15, 0.2) is 48.5 Å². The van der Waals surface area contributed by atoms with Crippen molar-refractivity contribution >= 4 is 29.0 Å². The zero-order chi connectivity index (χ0) is 16.6. The first-order valence-electron chi connectivity index (χ1n) is 7.30. The first-order valence-corrected chi connectivity index (χ1v) is 7.74. The number of anilines is 1. The van der Waals surface area contributed by atoms with Gasteiger partial charge in [0.2, 0.25) is 6.10 Å². The Morgan fingerprint density at radius 1 is 1.22 bits per heavy atom.